The second kappa shape index (κ2) is 2.74. The molecule has 0 amide bonds. The summed E-state index contributed by atoms with van der Waals surface area (Å²) in [7, 11) is 0. The van der Waals surface area contributed by atoms with E-state index in [-0.39, 0.29) is 12.8 Å². The Balaban J connectivity index is 3.24. The molecule has 0 aromatic carbocycles. The normalized spacial score (nSPS) is 11.4. The predicted molar refractivity (Wildman–Crippen MR) is 25.9 cm³/mol. The fraction of sp³-hybridized carbons (Fsp3) is 0.800. The van der Waals surface area contributed by atoms with Crippen molar-refractivity contribution >= 4 is 6.29 Å². The van der Waals surface area contributed by atoms with Crippen molar-refractivity contribution in [2.75, 3.05) is 0 Å². The van der Waals surface area contributed by atoms with Crippen molar-refractivity contribution in [3.63, 3.8) is 0 Å². The minimum Gasteiger partial charge on any atom is -0.303 e. The highest BCUT2D eigenvalue weighted by Crippen LogP contribution is 2.17. The molecule has 0 fully saturated rings. The first-order valence-corrected chi connectivity index (χ1v) is 2.38. The van der Waals surface area contributed by atoms with Gasteiger partial charge >= 0.3 is 0 Å². The Kier molecular flexibility index (Phi) is 2.58. The van der Waals surface area contributed by atoms with E-state index in [0.29, 0.717) is 6.29 Å². The summed E-state index contributed by atoms with van der Waals surface area (Å²) < 4.78 is 23.5. The smallest absolute Gasteiger partial charge is 0.245 e. The summed E-state index contributed by atoms with van der Waals surface area (Å²) in [6.07, 6.45) is 0.109. The van der Waals surface area contributed by atoms with Crippen LogP contribution in [0.4, 0.5) is 8.78 Å². The zero-order valence-electron chi connectivity index (χ0n) is 4.66. The molecule has 0 rings (SSSR count). The Morgan fingerprint density at radius 2 is 2.12 bits per heavy atom. The average molecular weight is 122 g/mol. The largest absolute Gasteiger partial charge is 0.303 e. The fourth-order valence-corrected chi connectivity index (χ4v) is 0.312. The standard InChI is InChI=1S/C5H8F2O/c1-5(6,7)3-2-4-8/h4H,2-3H2,1H3. The van der Waals surface area contributed by atoms with Crippen LogP contribution >= 0.6 is 0 Å². The van der Waals surface area contributed by atoms with Gasteiger partial charge in [0.25, 0.3) is 0 Å². The van der Waals surface area contributed by atoms with E-state index in [0.717, 1.165) is 6.92 Å². The Morgan fingerprint density at radius 1 is 1.62 bits per heavy atom. The van der Waals surface area contributed by atoms with Gasteiger partial charge in [0, 0.05) is 12.8 Å². The first-order valence-electron chi connectivity index (χ1n) is 2.38. The maximum absolute atomic E-state index is 11.8. The lowest BCUT2D eigenvalue weighted by Gasteiger charge is -2.04. The molecule has 0 N–H and O–H groups in total. The zero-order chi connectivity index (χ0) is 6.62. The minimum absolute atomic E-state index is 0.0521. The number of hydrogen-bond donors (Lipinski definition) is 0. The molecule has 0 aromatic rings. The second-order valence-corrected chi connectivity index (χ2v) is 1.78. The number of alkyl halides is 2. The fourth-order valence-electron chi connectivity index (χ4n) is 0.312. The van der Waals surface area contributed by atoms with Gasteiger partial charge in [-0.2, -0.15) is 0 Å². The molecule has 0 aliphatic heterocycles. The summed E-state index contributed by atoms with van der Waals surface area (Å²) in [5, 5.41) is 0. The molecule has 0 unspecified atom stereocenters. The highest BCUT2D eigenvalue weighted by Gasteiger charge is 2.19. The molecule has 0 aromatic heterocycles. The molecule has 0 spiro atoms. The van der Waals surface area contributed by atoms with Crippen molar-refractivity contribution in [1.82, 2.24) is 0 Å². The van der Waals surface area contributed by atoms with E-state index in [9.17, 15) is 13.6 Å². The summed E-state index contributed by atoms with van der Waals surface area (Å²) >= 11 is 0. The Labute approximate surface area is 46.7 Å². The van der Waals surface area contributed by atoms with Gasteiger partial charge in [-0.25, -0.2) is 8.78 Å². The molecule has 0 heterocycles. The van der Waals surface area contributed by atoms with E-state index >= 15 is 0 Å². The van der Waals surface area contributed by atoms with Crippen LogP contribution in [0, 0.1) is 0 Å². The van der Waals surface area contributed by atoms with Crippen molar-refractivity contribution in [2.24, 2.45) is 0 Å². The zero-order valence-corrected chi connectivity index (χ0v) is 4.66. The molecule has 0 atom stereocenters. The van der Waals surface area contributed by atoms with Gasteiger partial charge in [-0.05, 0) is 6.92 Å². The average Bonchev–Trinajstić information content (AvgIpc) is 1.59. The molecule has 0 bridgehead atoms. The molecule has 0 aliphatic carbocycles. The quantitative estimate of drug-likeness (QED) is 0.520. The van der Waals surface area contributed by atoms with E-state index in [1.54, 1.807) is 0 Å². The van der Waals surface area contributed by atoms with Crippen LogP contribution in [0.15, 0.2) is 0 Å². The van der Waals surface area contributed by atoms with Gasteiger partial charge in [-0.15, -0.1) is 0 Å². The van der Waals surface area contributed by atoms with Crippen LogP contribution in [0.3, 0.4) is 0 Å². The van der Waals surface area contributed by atoms with Crippen LogP contribution in [-0.4, -0.2) is 12.2 Å². The molecule has 0 saturated carbocycles. The van der Waals surface area contributed by atoms with Gasteiger partial charge in [-0.1, -0.05) is 0 Å². The van der Waals surface area contributed by atoms with E-state index in [4.69, 9.17) is 0 Å². The van der Waals surface area contributed by atoms with Gasteiger partial charge in [-0.3, -0.25) is 0 Å². The van der Waals surface area contributed by atoms with E-state index < -0.39 is 5.92 Å². The van der Waals surface area contributed by atoms with Crippen molar-refractivity contribution in [1.29, 1.82) is 0 Å². The second-order valence-electron chi connectivity index (χ2n) is 1.78. The number of aldehydes is 1. The third-order valence-electron chi connectivity index (χ3n) is 0.701. The predicted octanol–water partition coefficient (Wildman–Crippen LogP) is 1.62. The molecule has 48 valence electrons. The summed E-state index contributed by atoms with van der Waals surface area (Å²) in [5.74, 6) is -2.68. The highest BCUT2D eigenvalue weighted by molar-refractivity contribution is 5.49. The number of rotatable bonds is 3. The molecular weight excluding hydrogens is 114 g/mol. The summed E-state index contributed by atoms with van der Waals surface area (Å²) in [6, 6.07) is 0. The van der Waals surface area contributed by atoms with E-state index in [2.05, 4.69) is 0 Å². The molecule has 8 heavy (non-hydrogen) atoms. The third kappa shape index (κ3) is 5.53. The molecule has 0 saturated heterocycles. The lowest BCUT2D eigenvalue weighted by molar-refractivity contribution is -0.109. The SMILES string of the molecule is CC(F)(F)CCC=O. The Bertz CT molecular complexity index is 75.0. The summed E-state index contributed by atoms with van der Waals surface area (Å²) in [5.41, 5.74) is 0. The van der Waals surface area contributed by atoms with Crippen LogP contribution in [0.1, 0.15) is 19.8 Å². The topological polar surface area (TPSA) is 17.1 Å². The summed E-state index contributed by atoms with van der Waals surface area (Å²) in [6.45, 7) is 0.802. The molecule has 1 nitrogen and oxygen atoms in total. The monoisotopic (exact) mass is 122 g/mol. The number of hydrogen-bond acceptors (Lipinski definition) is 1. The maximum atomic E-state index is 11.8. The van der Waals surface area contributed by atoms with E-state index in [1.165, 1.54) is 0 Å². The Hall–Kier alpha value is -0.470. The van der Waals surface area contributed by atoms with Crippen LogP contribution in [0.25, 0.3) is 0 Å². The van der Waals surface area contributed by atoms with Gasteiger partial charge in [0.1, 0.15) is 6.29 Å². The van der Waals surface area contributed by atoms with Crippen LogP contribution < -0.4 is 0 Å². The number of carbonyl (C=O) groups is 1. The van der Waals surface area contributed by atoms with Crippen LogP contribution in [-0.2, 0) is 4.79 Å². The van der Waals surface area contributed by atoms with Crippen molar-refractivity contribution < 1.29 is 13.6 Å². The molecule has 0 radical (unpaired) electrons. The molecular formula is C5H8F2O. The first-order chi connectivity index (χ1) is 3.56. The van der Waals surface area contributed by atoms with Gasteiger partial charge in [0.15, 0.2) is 0 Å². The molecule has 3 heteroatoms. The highest BCUT2D eigenvalue weighted by atomic mass is 19.3. The minimum atomic E-state index is -2.68. The maximum Gasteiger partial charge on any atom is 0.245 e. The summed E-state index contributed by atoms with van der Waals surface area (Å²) in [4.78, 5) is 9.52. The Morgan fingerprint density at radius 3 is 2.25 bits per heavy atom. The van der Waals surface area contributed by atoms with Gasteiger partial charge in [0.2, 0.25) is 5.92 Å². The van der Waals surface area contributed by atoms with Gasteiger partial charge < -0.3 is 4.79 Å². The van der Waals surface area contributed by atoms with E-state index in [1.807, 2.05) is 0 Å². The first kappa shape index (κ1) is 7.53. The van der Waals surface area contributed by atoms with Gasteiger partial charge in [0.05, 0.1) is 0 Å². The van der Waals surface area contributed by atoms with Crippen molar-refractivity contribution in [2.45, 2.75) is 25.7 Å². The number of halogens is 2. The number of carbonyl (C=O) groups excluding carboxylic acids is 1. The van der Waals surface area contributed by atoms with Crippen LogP contribution in [0.2, 0.25) is 0 Å². The third-order valence-corrected chi connectivity index (χ3v) is 0.701. The molecule has 0 aliphatic rings. The van der Waals surface area contributed by atoms with Crippen LogP contribution in [0.5, 0.6) is 0 Å². The van der Waals surface area contributed by atoms with Crippen molar-refractivity contribution in [3.05, 3.63) is 0 Å². The van der Waals surface area contributed by atoms with Crippen molar-refractivity contribution in [3.8, 4) is 0 Å². The lowest BCUT2D eigenvalue weighted by atomic mass is 10.2. The lowest BCUT2D eigenvalue weighted by Crippen LogP contribution is -2.08.